The number of nitrogens with one attached hydrogen (secondary N) is 2. The number of aromatic nitrogens is 2. The van der Waals surface area contributed by atoms with Crippen molar-refractivity contribution in [1.82, 2.24) is 15.3 Å². The van der Waals surface area contributed by atoms with Crippen molar-refractivity contribution in [3.8, 4) is 17.0 Å². The summed E-state index contributed by atoms with van der Waals surface area (Å²) in [4.78, 5) is 7.89. The van der Waals surface area contributed by atoms with Crippen LogP contribution in [0, 0.1) is 6.92 Å². The van der Waals surface area contributed by atoms with Crippen LogP contribution in [0.1, 0.15) is 24.6 Å². The van der Waals surface area contributed by atoms with Crippen LogP contribution in [0.15, 0.2) is 36.5 Å². The fourth-order valence-electron chi connectivity index (χ4n) is 3.54. The number of aryl methyl sites for hydroxylation is 2. The van der Waals surface area contributed by atoms with Gasteiger partial charge in [-0.1, -0.05) is 6.92 Å². The third kappa shape index (κ3) is 2.78. The van der Waals surface area contributed by atoms with Crippen molar-refractivity contribution in [3.63, 3.8) is 0 Å². The largest absolute Gasteiger partial charge is 0.489 e. The molecule has 4 nitrogen and oxygen atoms in total. The zero-order valence-corrected chi connectivity index (χ0v) is 14.2. The Morgan fingerprint density at radius 3 is 2.92 bits per heavy atom. The number of hydrogen-bond acceptors (Lipinski definition) is 3. The molecule has 0 amide bonds. The smallest absolute Gasteiger partial charge is 0.120 e. The van der Waals surface area contributed by atoms with E-state index in [2.05, 4.69) is 52.5 Å². The summed E-state index contributed by atoms with van der Waals surface area (Å²) in [6, 6.07) is 10.6. The molecule has 4 heteroatoms. The van der Waals surface area contributed by atoms with Crippen molar-refractivity contribution in [3.05, 3.63) is 47.8 Å². The number of rotatable bonds is 4. The number of H-pyrrole nitrogens is 1. The Kier molecular flexibility index (Phi) is 3.98. The van der Waals surface area contributed by atoms with Gasteiger partial charge in [0.05, 0.1) is 0 Å². The summed E-state index contributed by atoms with van der Waals surface area (Å²) in [7, 11) is 0. The van der Waals surface area contributed by atoms with Crippen LogP contribution in [0.5, 0.6) is 5.75 Å². The van der Waals surface area contributed by atoms with Gasteiger partial charge in [0.15, 0.2) is 0 Å². The first-order chi connectivity index (χ1) is 11.7. The molecule has 1 aliphatic rings. The predicted octanol–water partition coefficient (Wildman–Crippen LogP) is 3.84. The first-order valence-corrected chi connectivity index (χ1v) is 8.69. The number of aromatic amines is 1. The summed E-state index contributed by atoms with van der Waals surface area (Å²) >= 11 is 0. The van der Waals surface area contributed by atoms with E-state index in [1.54, 1.807) is 0 Å². The van der Waals surface area contributed by atoms with Gasteiger partial charge in [-0.25, -0.2) is 0 Å². The maximum Gasteiger partial charge on any atom is 0.120 e. The lowest BCUT2D eigenvalue weighted by molar-refractivity contribution is 0.223. The van der Waals surface area contributed by atoms with Crippen molar-refractivity contribution in [2.45, 2.75) is 32.8 Å². The Morgan fingerprint density at radius 2 is 2.17 bits per heavy atom. The van der Waals surface area contributed by atoms with Gasteiger partial charge in [-0.2, -0.15) is 0 Å². The lowest BCUT2D eigenvalue weighted by atomic mass is 10.0. The van der Waals surface area contributed by atoms with E-state index >= 15 is 0 Å². The van der Waals surface area contributed by atoms with Gasteiger partial charge in [0.25, 0.3) is 0 Å². The van der Waals surface area contributed by atoms with Gasteiger partial charge in [-0.3, -0.25) is 4.98 Å². The van der Waals surface area contributed by atoms with Gasteiger partial charge in [-0.05, 0) is 62.2 Å². The molecule has 4 rings (SSSR count). The molecule has 1 fully saturated rings. The second kappa shape index (κ2) is 6.29. The highest BCUT2D eigenvalue weighted by Gasteiger charge is 2.17. The Labute approximate surface area is 142 Å². The lowest BCUT2D eigenvalue weighted by Crippen LogP contribution is -2.19. The van der Waals surface area contributed by atoms with E-state index < -0.39 is 0 Å². The van der Waals surface area contributed by atoms with Crippen LogP contribution >= 0.6 is 0 Å². The summed E-state index contributed by atoms with van der Waals surface area (Å²) in [5, 5.41) is 4.60. The Morgan fingerprint density at radius 1 is 1.25 bits per heavy atom. The maximum atomic E-state index is 6.13. The van der Waals surface area contributed by atoms with Crippen LogP contribution in [0.2, 0.25) is 0 Å². The Bertz CT molecular complexity index is 862. The van der Waals surface area contributed by atoms with Crippen molar-refractivity contribution in [2.75, 3.05) is 13.1 Å². The normalized spacial score (nSPS) is 17.5. The second-order valence-electron chi connectivity index (χ2n) is 6.46. The van der Waals surface area contributed by atoms with Crippen molar-refractivity contribution in [1.29, 1.82) is 0 Å². The minimum Gasteiger partial charge on any atom is -0.489 e. The minimum absolute atomic E-state index is 0.286. The van der Waals surface area contributed by atoms with Gasteiger partial charge in [0.2, 0.25) is 0 Å². The molecule has 0 radical (unpaired) electrons. The van der Waals surface area contributed by atoms with E-state index in [9.17, 15) is 0 Å². The standard InChI is InChI=1S/C20H23N3O/c1-3-17-18-11-15(24-16-7-8-21-12-16)4-5-19(18)23-20(17)14-6-9-22-13(2)10-14/h4-6,9-11,16,21,23H,3,7-8,12H2,1-2H3/t16-/m0/s1. The second-order valence-corrected chi connectivity index (χ2v) is 6.46. The van der Waals surface area contributed by atoms with E-state index in [1.165, 1.54) is 22.2 Å². The van der Waals surface area contributed by atoms with E-state index in [4.69, 9.17) is 4.74 Å². The van der Waals surface area contributed by atoms with E-state index in [1.807, 2.05) is 13.1 Å². The van der Waals surface area contributed by atoms with E-state index in [0.29, 0.717) is 0 Å². The molecule has 1 aliphatic heterocycles. The number of nitrogens with zero attached hydrogens (tertiary/aromatic N) is 1. The SMILES string of the molecule is CCc1c(-c2ccnc(C)c2)[nH]c2ccc(O[C@H]3CCNC3)cc12. The molecule has 24 heavy (non-hydrogen) atoms. The molecule has 0 spiro atoms. The van der Waals surface area contributed by atoms with Gasteiger partial charge >= 0.3 is 0 Å². The molecular formula is C20H23N3O. The molecule has 0 saturated carbocycles. The van der Waals surface area contributed by atoms with Crippen LogP contribution in [0.4, 0.5) is 0 Å². The van der Waals surface area contributed by atoms with Crippen LogP contribution in [0.3, 0.4) is 0 Å². The number of pyridine rings is 1. The van der Waals surface area contributed by atoms with Gasteiger partial charge in [0, 0.05) is 40.6 Å². The fourth-order valence-corrected chi connectivity index (χ4v) is 3.54. The molecule has 2 N–H and O–H groups in total. The predicted molar refractivity (Wildman–Crippen MR) is 97.5 cm³/mol. The molecule has 3 heterocycles. The minimum atomic E-state index is 0.286. The summed E-state index contributed by atoms with van der Waals surface area (Å²) < 4.78 is 6.13. The van der Waals surface area contributed by atoms with Crippen LogP contribution in [-0.4, -0.2) is 29.2 Å². The van der Waals surface area contributed by atoms with Crippen molar-refractivity contribution >= 4 is 10.9 Å². The average Bonchev–Trinajstić information content (AvgIpc) is 3.21. The van der Waals surface area contributed by atoms with E-state index in [0.717, 1.165) is 42.9 Å². The number of fused-ring (bicyclic) bond motifs is 1. The number of benzene rings is 1. The third-order valence-electron chi connectivity index (χ3n) is 4.73. The number of hydrogen-bond donors (Lipinski definition) is 2. The highest BCUT2D eigenvalue weighted by molar-refractivity contribution is 5.91. The summed E-state index contributed by atoms with van der Waals surface area (Å²) in [5.74, 6) is 0.961. The molecule has 1 atom stereocenters. The molecule has 3 aromatic rings. The first-order valence-electron chi connectivity index (χ1n) is 8.69. The molecule has 0 bridgehead atoms. The topological polar surface area (TPSA) is 49.9 Å². The molecule has 0 unspecified atom stereocenters. The average molecular weight is 321 g/mol. The summed E-state index contributed by atoms with van der Waals surface area (Å²) in [6.45, 7) is 6.21. The van der Waals surface area contributed by atoms with E-state index in [-0.39, 0.29) is 6.10 Å². The molecular weight excluding hydrogens is 298 g/mol. The van der Waals surface area contributed by atoms with Gasteiger partial charge < -0.3 is 15.0 Å². The van der Waals surface area contributed by atoms with Gasteiger partial charge in [-0.15, -0.1) is 0 Å². The van der Waals surface area contributed by atoms with Crippen molar-refractivity contribution < 1.29 is 4.74 Å². The zero-order valence-electron chi connectivity index (χ0n) is 14.2. The van der Waals surface area contributed by atoms with Crippen LogP contribution in [-0.2, 0) is 6.42 Å². The Balaban J connectivity index is 1.76. The van der Waals surface area contributed by atoms with Gasteiger partial charge in [0.1, 0.15) is 11.9 Å². The highest BCUT2D eigenvalue weighted by Crippen LogP contribution is 2.33. The monoisotopic (exact) mass is 321 g/mol. The molecule has 2 aromatic heterocycles. The fraction of sp³-hybridized carbons (Fsp3) is 0.350. The maximum absolute atomic E-state index is 6.13. The van der Waals surface area contributed by atoms with Crippen molar-refractivity contribution in [2.24, 2.45) is 0 Å². The third-order valence-corrected chi connectivity index (χ3v) is 4.73. The molecule has 1 saturated heterocycles. The summed E-state index contributed by atoms with van der Waals surface area (Å²) in [5.41, 5.74) is 5.92. The lowest BCUT2D eigenvalue weighted by Gasteiger charge is -2.12. The Hall–Kier alpha value is -2.33. The summed E-state index contributed by atoms with van der Waals surface area (Å²) in [6.07, 6.45) is 4.21. The van der Waals surface area contributed by atoms with Crippen LogP contribution in [0.25, 0.3) is 22.2 Å². The quantitative estimate of drug-likeness (QED) is 0.767. The highest BCUT2D eigenvalue weighted by atomic mass is 16.5. The molecule has 124 valence electrons. The zero-order chi connectivity index (χ0) is 16.5. The molecule has 1 aromatic carbocycles. The molecule has 0 aliphatic carbocycles. The van der Waals surface area contributed by atoms with Crippen LogP contribution < -0.4 is 10.1 Å². The first kappa shape index (κ1) is 15.2. The number of ether oxygens (including phenoxy) is 1.